The lowest BCUT2D eigenvalue weighted by atomic mass is 10.1. The van der Waals surface area contributed by atoms with Crippen LogP contribution in [0.5, 0.6) is 0 Å². The molecule has 0 saturated carbocycles. The first-order valence-electron chi connectivity index (χ1n) is 33.3. The molecule has 8 bridgehead atoms. The van der Waals surface area contributed by atoms with Crippen molar-refractivity contribution in [2.24, 2.45) is 0 Å². The molecule has 96 heavy (non-hydrogen) atoms. The van der Waals surface area contributed by atoms with Crippen molar-refractivity contribution >= 4 is 135 Å². The van der Waals surface area contributed by atoms with E-state index in [1.54, 1.807) is 0 Å². The van der Waals surface area contributed by atoms with Gasteiger partial charge in [-0.05, 0) is 158 Å². The van der Waals surface area contributed by atoms with Crippen molar-refractivity contribution in [1.29, 1.82) is 0 Å². The smallest absolute Gasteiger partial charge is 0.129 e. The third-order valence-corrected chi connectivity index (χ3v) is 39.3. The molecule has 0 spiro atoms. The Morgan fingerprint density at radius 3 is 0.594 bits per heavy atom. The van der Waals surface area contributed by atoms with Crippen LogP contribution in [-0.4, -0.2) is 49.3 Å². The van der Waals surface area contributed by atoms with Crippen LogP contribution in [-0.2, 0) is 0 Å². The maximum Gasteiger partial charge on any atom is 0.129 e. The molecule has 0 nitrogen and oxygen atoms in total. The van der Waals surface area contributed by atoms with Crippen molar-refractivity contribution in [1.82, 2.24) is 0 Å². The Labute approximate surface area is 577 Å². The van der Waals surface area contributed by atoms with E-state index < -0.39 is 29.0 Å². The van der Waals surface area contributed by atoms with Crippen molar-refractivity contribution < 1.29 is 0 Å². The maximum absolute atomic E-state index is 3.92. The zero-order chi connectivity index (χ0) is 64.5. The molecule has 0 saturated heterocycles. The highest BCUT2D eigenvalue weighted by molar-refractivity contribution is 7.93. The predicted octanol–water partition coefficient (Wildman–Crippen LogP) is 19.0. The molecule has 460 valence electrons. The van der Waals surface area contributed by atoms with Crippen LogP contribution in [0.15, 0.2) is 315 Å². The summed E-state index contributed by atoms with van der Waals surface area (Å²) >= 11 is 3.70. The summed E-state index contributed by atoms with van der Waals surface area (Å²) in [5, 5.41) is 16.3. The average Bonchev–Trinajstić information content (AvgIpc) is 1.08. The fourth-order valence-electron chi connectivity index (χ4n) is 14.5. The minimum absolute atomic E-state index is 0.759. The summed E-state index contributed by atoms with van der Waals surface area (Å²) in [4.78, 5) is 0. The van der Waals surface area contributed by atoms with E-state index in [0.717, 1.165) is 84.4 Å². The molecule has 2 aromatic heterocycles. The van der Waals surface area contributed by atoms with Gasteiger partial charge >= 0.3 is 0 Å². The second-order valence-electron chi connectivity index (χ2n) is 25.0. The number of hydrogen-bond acceptors (Lipinski definition) is 2. The van der Waals surface area contributed by atoms with Crippen LogP contribution >= 0.6 is 51.7 Å². The van der Waals surface area contributed by atoms with Crippen molar-refractivity contribution in [3.05, 3.63) is 338 Å². The summed E-state index contributed by atoms with van der Waals surface area (Å²) in [5.74, 6) is 30.7. The van der Waals surface area contributed by atoms with E-state index in [0.29, 0.717) is 0 Å². The minimum atomic E-state index is -2.19. The first-order chi connectivity index (χ1) is 47.5. The molecular formula is C90H72P4S2+4. The molecule has 15 rings (SSSR count). The largest absolute Gasteiger partial charge is 0.135 e. The van der Waals surface area contributed by atoms with Gasteiger partial charge in [-0.25, -0.2) is 0 Å². The van der Waals surface area contributed by atoms with E-state index in [9.17, 15) is 0 Å². The second-order valence-corrected chi connectivity index (χ2v) is 42.1. The highest BCUT2D eigenvalue weighted by atomic mass is 32.1. The van der Waals surface area contributed by atoms with Crippen LogP contribution in [0.2, 0.25) is 0 Å². The van der Waals surface area contributed by atoms with E-state index in [1.165, 1.54) is 82.8 Å². The summed E-state index contributed by atoms with van der Waals surface area (Å²) in [5.41, 5.74) is 4.20. The zero-order valence-corrected chi connectivity index (χ0v) is 58.9. The fourth-order valence-corrected chi connectivity index (χ4v) is 33.8. The number of thiophene rings is 2. The molecule has 12 aromatic carbocycles. The first kappa shape index (κ1) is 63.1. The summed E-state index contributed by atoms with van der Waals surface area (Å²) in [6, 6.07) is 118. The van der Waals surface area contributed by atoms with Gasteiger partial charge in [-0.15, -0.1) is 22.7 Å². The van der Waals surface area contributed by atoms with E-state index in [-0.39, 0.29) is 0 Å². The second kappa shape index (κ2) is 28.8. The van der Waals surface area contributed by atoms with Gasteiger partial charge in [0.1, 0.15) is 79.4 Å². The quantitative estimate of drug-likeness (QED) is 0.105. The molecule has 0 aliphatic carbocycles. The normalized spacial score (nSPS) is 15.4. The van der Waals surface area contributed by atoms with Crippen LogP contribution < -0.4 is 42.4 Å². The van der Waals surface area contributed by atoms with Crippen LogP contribution in [0.1, 0.15) is 35.1 Å². The Balaban J connectivity index is 0.867. The van der Waals surface area contributed by atoms with Crippen LogP contribution in [0.4, 0.5) is 0 Å². The van der Waals surface area contributed by atoms with Gasteiger partial charge in [0.25, 0.3) is 0 Å². The Morgan fingerprint density at radius 1 is 0.208 bits per heavy atom. The van der Waals surface area contributed by atoms with Crippen LogP contribution in [0, 0.1) is 47.4 Å². The van der Waals surface area contributed by atoms with Crippen LogP contribution in [0.25, 0.3) is 40.3 Å². The van der Waals surface area contributed by atoms with Gasteiger partial charge in [-0.1, -0.05) is 217 Å². The van der Waals surface area contributed by atoms with Gasteiger partial charge in [0.15, 0.2) is 0 Å². The molecule has 0 radical (unpaired) electrons. The molecule has 1 aliphatic heterocycles. The number of benzene rings is 12. The molecule has 0 amide bonds. The molecule has 1 aliphatic rings. The number of rotatable bonds is 8. The molecule has 0 N–H and O–H groups in total. The molecule has 6 heteroatoms. The van der Waals surface area contributed by atoms with E-state index in [4.69, 9.17) is 0 Å². The number of fused-ring (bicyclic) bond motifs is 6. The summed E-state index contributed by atoms with van der Waals surface area (Å²) < 4.78 is 4.99. The molecule has 3 heterocycles. The first-order valence-corrected chi connectivity index (χ1v) is 43.6. The third kappa shape index (κ3) is 13.0. The summed E-state index contributed by atoms with van der Waals surface area (Å²) in [6.45, 7) is 0. The lowest BCUT2D eigenvalue weighted by Crippen LogP contribution is -2.33. The Hall–Kier alpha value is -8.96. The van der Waals surface area contributed by atoms with E-state index in [1.807, 2.05) is 22.7 Å². The Bertz CT molecular complexity index is 4820. The fraction of sp³-hybridized carbons (Fsp3) is 0.111. The van der Waals surface area contributed by atoms with Crippen molar-refractivity contribution in [3.63, 3.8) is 0 Å². The van der Waals surface area contributed by atoms with Crippen molar-refractivity contribution in [2.75, 3.05) is 49.3 Å². The molecule has 0 fully saturated rings. The van der Waals surface area contributed by atoms with Crippen molar-refractivity contribution in [2.45, 2.75) is 12.8 Å². The maximum atomic E-state index is 3.92. The summed E-state index contributed by atoms with van der Waals surface area (Å²) in [7, 11) is -8.45. The van der Waals surface area contributed by atoms with E-state index in [2.05, 4.69) is 363 Å². The monoisotopic (exact) mass is 1340 g/mol. The summed E-state index contributed by atoms with van der Waals surface area (Å²) in [6.07, 6.45) is 9.39. The molecular weight excluding hydrogens is 1270 g/mol. The number of hydrogen-bond donors (Lipinski definition) is 0. The Kier molecular flexibility index (Phi) is 18.9. The molecule has 0 unspecified atom stereocenters. The highest BCUT2D eigenvalue weighted by Gasteiger charge is 2.50. The zero-order valence-electron chi connectivity index (χ0n) is 53.7. The predicted molar refractivity (Wildman–Crippen MR) is 431 cm³/mol. The van der Waals surface area contributed by atoms with Gasteiger partial charge in [0.05, 0.1) is 41.4 Å². The van der Waals surface area contributed by atoms with Gasteiger partial charge in [-0.3, -0.25) is 0 Å². The lowest BCUT2D eigenvalue weighted by molar-refractivity contribution is 0.894. The average molecular weight is 1340 g/mol. The highest BCUT2D eigenvalue weighted by Crippen LogP contribution is 2.64. The van der Waals surface area contributed by atoms with Gasteiger partial charge in [0.2, 0.25) is 0 Å². The van der Waals surface area contributed by atoms with Gasteiger partial charge < -0.3 is 0 Å². The minimum Gasteiger partial charge on any atom is -0.135 e. The third-order valence-electron chi connectivity index (χ3n) is 19.5. The van der Waals surface area contributed by atoms with Crippen molar-refractivity contribution in [3.8, 4) is 47.4 Å². The SMILES string of the molecule is C1#Cc2ccc3c(c2)sc2cc(ccc23)C#CC[P+](c2ccccc2)(c2ccccc2)CC[P+](c2ccccc2)(c2ccccc2)CC#Cc2ccc3c(c2)sc2cc(ccc23)C#CC[P+](c2ccccc2)(c2ccccc2)CCCC[P+](c2ccccc2)(c2ccccc2)C1. The topological polar surface area (TPSA) is 0 Å². The lowest BCUT2D eigenvalue weighted by Gasteiger charge is -2.30. The van der Waals surface area contributed by atoms with E-state index >= 15 is 0 Å². The van der Waals surface area contributed by atoms with Gasteiger partial charge in [0, 0.05) is 62.6 Å². The molecule has 14 aromatic rings. The van der Waals surface area contributed by atoms with Crippen LogP contribution in [0.3, 0.4) is 0 Å². The molecule has 0 atom stereocenters. The van der Waals surface area contributed by atoms with Gasteiger partial charge in [-0.2, -0.15) is 0 Å². The standard InChI is InChI=1S/C90H72P4S2/c1-9-35-75(36-10-1)91(76-37-11-2-12-38-76)59-25-26-60-92(77-39-13-3-14-40-77,78-41-15-4-16-42-78)62-28-32-72-52-56-84-86-58-54-74(70-90(86)96-88(84)68-72)34-30-64-94(81-47-21-7-22-48-81,82-49-23-8-24-50-82)66-65-93(79-43-17-5-18-44-79,80-45-19-6-20-46-80)63-29-33-73-53-57-85-83-55-51-71(31-27-61-91)67-87(83)95-89(85)69-73/h1-24,35-58,67-70H,25-26,59-66H2/q+4. The Morgan fingerprint density at radius 2 is 0.396 bits per heavy atom.